The van der Waals surface area contributed by atoms with E-state index >= 15 is 0 Å². The Bertz CT molecular complexity index is 443. The Morgan fingerprint density at radius 2 is 2.39 bits per heavy atom. The van der Waals surface area contributed by atoms with Crippen molar-refractivity contribution < 1.29 is 4.79 Å². The van der Waals surface area contributed by atoms with Crippen LogP contribution >= 0.6 is 11.3 Å². The zero-order chi connectivity index (χ0) is 12.5. The summed E-state index contributed by atoms with van der Waals surface area (Å²) in [5, 5.41) is 6.04. The molecule has 0 aliphatic heterocycles. The van der Waals surface area contributed by atoms with Crippen molar-refractivity contribution in [2.45, 2.75) is 45.6 Å². The molecule has 1 amide bonds. The number of fused-ring (bicyclic) bond motifs is 2. The minimum atomic E-state index is 0.209. The maximum absolute atomic E-state index is 11.9. The van der Waals surface area contributed by atoms with Crippen LogP contribution in [0.25, 0.3) is 0 Å². The second-order valence-electron chi connectivity index (χ2n) is 5.80. The predicted molar refractivity (Wildman–Crippen MR) is 72.3 cm³/mol. The molecule has 3 atom stereocenters. The van der Waals surface area contributed by atoms with E-state index in [4.69, 9.17) is 0 Å². The van der Waals surface area contributed by atoms with Crippen molar-refractivity contribution in [2.24, 2.45) is 17.8 Å². The Morgan fingerprint density at radius 3 is 3.00 bits per heavy atom. The molecule has 0 radical (unpaired) electrons. The largest absolute Gasteiger partial charge is 0.350 e. The molecule has 1 aromatic rings. The normalized spacial score (nSPS) is 29.7. The van der Waals surface area contributed by atoms with Crippen LogP contribution in [0.4, 0.5) is 0 Å². The Labute approximate surface area is 112 Å². The Kier molecular flexibility index (Phi) is 3.37. The first-order valence-electron chi connectivity index (χ1n) is 6.88. The van der Waals surface area contributed by atoms with E-state index in [0.29, 0.717) is 12.5 Å². The third-order valence-electron chi connectivity index (χ3n) is 4.44. The number of rotatable bonds is 4. The Hall–Kier alpha value is -0.900. The zero-order valence-corrected chi connectivity index (χ0v) is 11.6. The molecule has 3 nitrogen and oxygen atoms in total. The van der Waals surface area contributed by atoms with E-state index in [1.54, 1.807) is 11.3 Å². The summed E-state index contributed by atoms with van der Waals surface area (Å²) in [7, 11) is 0. The van der Waals surface area contributed by atoms with Crippen molar-refractivity contribution in [2.75, 3.05) is 0 Å². The lowest BCUT2D eigenvalue weighted by atomic mass is 9.86. The number of hydrogen-bond acceptors (Lipinski definition) is 3. The lowest BCUT2D eigenvalue weighted by Crippen LogP contribution is -2.26. The highest BCUT2D eigenvalue weighted by Gasteiger charge is 2.39. The summed E-state index contributed by atoms with van der Waals surface area (Å²) in [5.74, 6) is 2.62. The van der Waals surface area contributed by atoms with Gasteiger partial charge in [0.15, 0.2) is 0 Å². The number of aromatic nitrogens is 1. The van der Waals surface area contributed by atoms with E-state index in [0.717, 1.165) is 29.0 Å². The second-order valence-corrected chi connectivity index (χ2v) is 6.74. The van der Waals surface area contributed by atoms with E-state index in [1.165, 1.54) is 25.7 Å². The molecule has 2 bridgehead atoms. The quantitative estimate of drug-likeness (QED) is 0.908. The van der Waals surface area contributed by atoms with Crippen molar-refractivity contribution in [3.63, 3.8) is 0 Å². The SMILES string of the molecule is Cc1csc(CNC(=O)C[C@@H]2C[C@H]3CC[C@H]2C3)n1. The minimum Gasteiger partial charge on any atom is -0.350 e. The predicted octanol–water partition coefficient (Wildman–Crippen LogP) is 2.89. The molecule has 0 unspecified atom stereocenters. The molecule has 98 valence electrons. The van der Waals surface area contributed by atoms with Gasteiger partial charge in [0.25, 0.3) is 0 Å². The molecule has 0 aromatic carbocycles. The average Bonchev–Trinajstić information content (AvgIpc) is 3.03. The fraction of sp³-hybridized carbons (Fsp3) is 0.714. The van der Waals surface area contributed by atoms with Crippen LogP contribution in [-0.4, -0.2) is 10.9 Å². The van der Waals surface area contributed by atoms with Crippen LogP contribution in [0.2, 0.25) is 0 Å². The van der Waals surface area contributed by atoms with Gasteiger partial charge in [-0.25, -0.2) is 4.98 Å². The molecular weight excluding hydrogens is 244 g/mol. The van der Waals surface area contributed by atoms with Gasteiger partial charge in [-0.15, -0.1) is 11.3 Å². The van der Waals surface area contributed by atoms with Crippen LogP contribution in [0, 0.1) is 24.7 Å². The van der Waals surface area contributed by atoms with Gasteiger partial charge >= 0.3 is 0 Å². The molecular formula is C14H20N2OS. The smallest absolute Gasteiger partial charge is 0.220 e. The molecule has 2 aliphatic rings. The lowest BCUT2D eigenvalue weighted by Gasteiger charge is -2.20. The molecule has 0 spiro atoms. The first-order chi connectivity index (χ1) is 8.70. The van der Waals surface area contributed by atoms with Crippen molar-refractivity contribution in [3.05, 3.63) is 16.1 Å². The fourth-order valence-electron chi connectivity index (χ4n) is 3.59. The molecule has 2 fully saturated rings. The third-order valence-corrected chi connectivity index (χ3v) is 5.40. The van der Waals surface area contributed by atoms with Crippen molar-refractivity contribution in [1.82, 2.24) is 10.3 Å². The topological polar surface area (TPSA) is 42.0 Å². The second kappa shape index (κ2) is 5.00. The molecule has 1 heterocycles. The van der Waals surface area contributed by atoms with Crippen LogP contribution < -0.4 is 5.32 Å². The molecule has 0 saturated heterocycles. The maximum Gasteiger partial charge on any atom is 0.220 e. The third kappa shape index (κ3) is 2.58. The molecule has 4 heteroatoms. The lowest BCUT2D eigenvalue weighted by molar-refractivity contribution is -0.122. The molecule has 18 heavy (non-hydrogen) atoms. The first kappa shape index (κ1) is 12.2. The van der Waals surface area contributed by atoms with Gasteiger partial charge in [-0.05, 0) is 43.9 Å². The molecule has 1 N–H and O–H groups in total. The number of nitrogens with zero attached hydrogens (tertiary/aromatic N) is 1. The van der Waals surface area contributed by atoms with E-state index < -0.39 is 0 Å². The summed E-state index contributed by atoms with van der Waals surface area (Å²) in [4.78, 5) is 16.3. The summed E-state index contributed by atoms with van der Waals surface area (Å²) in [6.45, 7) is 2.58. The van der Waals surface area contributed by atoms with E-state index in [1.807, 2.05) is 12.3 Å². The maximum atomic E-state index is 11.9. The van der Waals surface area contributed by atoms with Crippen molar-refractivity contribution in [1.29, 1.82) is 0 Å². The highest BCUT2D eigenvalue weighted by molar-refractivity contribution is 7.09. The van der Waals surface area contributed by atoms with Crippen LogP contribution in [0.5, 0.6) is 0 Å². The Balaban J connectivity index is 1.45. The number of amides is 1. The van der Waals surface area contributed by atoms with Gasteiger partial charge in [-0.1, -0.05) is 6.42 Å². The van der Waals surface area contributed by atoms with Crippen LogP contribution in [0.3, 0.4) is 0 Å². The molecule has 3 rings (SSSR count). The average molecular weight is 264 g/mol. The minimum absolute atomic E-state index is 0.209. The summed E-state index contributed by atoms with van der Waals surface area (Å²) in [6.07, 6.45) is 6.15. The van der Waals surface area contributed by atoms with Gasteiger partial charge in [0.2, 0.25) is 5.91 Å². The summed E-state index contributed by atoms with van der Waals surface area (Å²) in [5.41, 5.74) is 1.04. The number of aryl methyl sites for hydroxylation is 1. The van der Waals surface area contributed by atoms with Crippen LogP contribution in [-0.2, 0) is 11.3 Å². The highest BCUT2D eigenvalue weighted by Crippen LogP contribution is 2.49. The van der Waals surface area contributed by atoms with E-state index in [9.17, 15) is 4.79 Å². The van der Waals surface area contributed by atoms with E-state index in [2.05, 4.69) is 10.3 Å². The highest BCUT2D eigenvalue weighted by atomic mass is 32.1. The summed E-state index contributed by atoms with van der Waals surface area (Å²) < 4.78 is 0. The number of thiazole rings is 1. The van der Waals surface area contributed by atoms with Gasteiger partial charge in [0, 0.05) is 17.5 Å². The number of carbonyl (C=O) groups is 1. The number of nitrogens with one attached hydrogen (secondary N) is 1. The Morgan fingerprint density at radius 1 is 1.50 bits per heavy atom. The molecule has 2 saturated carbocycles. The zero-order valence-electron chi connectivity index (χ0n) is 10.8. The standard InChI is InChI=1S/C14H20N2OS/c1-9-8-18-14(16-9)7-15-13(17)6-12-5-10-2-3-11(12)4-10/h8,10-12H,2-7H2,1H3,(H,15,17)/t10-,11-,12-/m0/s1. The van der Waals surface area contributed by atoms with Crippen LogP contribution in [0.15, 0.2) is 5.38 Å². The van der Waals surface area contributed by atoms with Gasteiger partial charge in [-0.2, -0.15) is 0 Å². The molecule has 1 aromatic heterocycles. The van der Waals surface area contributed by atoms with Crippen LogP contribution in [0.1, 0.15) is 42.8 Å². The van der Waals surface area contributed by atoms with Crippen molar-refractivity contribution in [3.8, 4) is 0 Å². The van der Waals surface area contributed by atoms with Crippen molar-refractivity contribution >= 4 is 17.2 Å². The van der Waals surface area contributed by atoms with Gasteiger partial charge < -0.3 is 5.32 Å². The number of carbonyl (C=O) groups excluding carboxylic acids is 1. The molecule has 2 aliphatic carbocycles. The summed E-state index contributed by atoms with van der Waals surface area (Å²) in [6, 6.07) is 0. The van der Waals surface area contributed by atoms with E-state index in [-0.39, 0.29) is 5.91 Å². The number of hydrogen-bond donors (Lipinski definition) is 1. The van der Waals surface area contributed by atoms with Gasteiger partial charge in [0.05, 0.1) is 6.54 Å². The first-order valence-corrected chi connectivity index (χ1v) is 7.76. The fourth-order valence-corrected chi connectivity index (χ4v) is 4.31. The van der Waals surface area contributed by atoms with Gasteiger partial charge in [0.1, 0.15) is 5.01 Å². The summed E-state index contributed by atoms with van der Waals surface area (Å²) >= 11 is 1.62. The monoisotopic (exact) mass is 264 g/mol. The van der Waals surface area contributed by atoms with Gasteiger partial charge in [-0.3, -0.25) is 4.79 Å².